The normalized spacial score (nSPS) is 12.1. The van der Waals surface area contributed by atoms with Crippen LogP contribution < -0.4 is 0 Å². The minimum Gasteiger partial charge on any atom is -0.309 e. The van der Waals surface area contributed by atoms with Crippen LogP contribution in [0, 0.1) is 0 Å². The van der Waals surface area contributed by atoms with Crippen molar-refractivity contribution >= 4 is 59.6 Å². The summed E-state index contributed by atoms with van der Waals surface area (Å²) >= 11 is 0. The SMILES string of the molecule is c1ccc2c(c1)ccc1c2cc2c3ccc4ccncc4c3c3ccccc3n12. The Morgan fingerprint density at radius 2 is 1.24 bits per heavy atom. The second-order valence-electron chi connectivity index (χ2n) is 7.69. The van der Waals surface area contributed by atoms with Crippen LogP contribution in [0.2, 0.25) is 0 Å². The van der Waals surface area contributed by atoms with Crippen LogP contribution in [-0.4, -0.2) is 9.38 Å². The van der Waals surface area contributed by atoms with Crippen LogP contribution in [-0.2, 0) is 0 Å². The van der Waals surface area contributed by atoms with E-state index in [0.29, 0.717) is 0 Å². The summed E-state index contributed by atoms with van der Waals surface area (Å²) in [6.45, 7) is 0. The fourth-order valence-corrected chi connectivity index (χ4v) is 4.96. The van der Waals surface area contributed by atoms with Gasteiger partial charge in [0.1, 0.15) is 0 Å². The highest BCUT2D eigenvalue weighted by Crippen LogP contribution is 2.39. The molecule has 2 nitrogen and oxygen atoms in total. The Morgan fingerprint density at radius 3 is 2.21 bits per heavy atom. The zero-order chi connectivity index (χ0) is 18.9. The molecule has 3 aromatic heterocycles. The summed E-state index contributed by atoms with van der Waals surface area (Å²) in [5, 5.41) is 10.1. The maximum atomic E-state index is 4.43. The molecule has 0 aliphatic rings. The van der Waals surface area contributed by atoms with Crippen LogP contribution in [0.4, 0.5) is 0 Å². The van der Waals surface area contributed by atoms with E-state index >= 15 is 0 Å². The molecule has 0 saturated carbocycles. The number of nitrogens with zero attached hydrogens (tertiary/aromatic N) is 2. The molecule has 0 N–H and O–H groups in total. The Morgan fingerprint density at radius 1 is 0.517 bits per heavy atom. The van der Waals surface area contributed by atoms with Crippen molar-refractivity contribution in [3.63, 3.8) is 0 Å². The molecular formula is C27H16N2. The van der Waals surface area contributed by atoms with Gasteiger partial charge >= 0.3 is 0 Å². The number of hydrogen-bond donors (Lipinski definition) is 0. The maximum absolute atomic E-state index is 4.43. The number of aromatic nitrogens is 2. The summed E-state index contributed by atoms with van der Waals surface area (Å²) in [4.78, 5) is 4.43. The Balaban J connectivity index is 1.86. The van der Waals surface area contributed by atoms with Gasteiger partial charge in [-0.25, -0.2) is 0 Å². The Hall–Kier alpha value is -3.91. The van der Waals surface area contributed by atoms with Crippen LogP contribution in [0.15, 0.2) is 97.3 Å². The first kappa shape index (κ1) is 15.1. The van der Waals surface area contributed by atoms with E-state index in [0.717, 1.165) is 0 Å². The Kier molecular flexibility index (Phi) is 2.77. The predicted octanol–water partition coefficient (Wildman–Crippen LogP) is 7.10. The van der Waals surface area contributed by atoms with E-state index in [9.17, 15) is 0 Å². The molecule has 0 aliphatic heterocycles. The summed E-state index contributed by atoms with van der Waals surface area (Å²) in [7, 11) is 0. The van der Waals surface area contributed by atoms with Crippen molar-refractivity contribution in [3.8, 4) is 0 Å². The lowest BCUT2D eigenvalue weighted by atomic mass is 9.99. The summed E-state index contributed by atoms with van der Waals surface area (Å²) in [5.41, 5.74) is 3.73. The van der Waals surface area contributed by atoms with E-state index in [4.69, 9.17) is 0 Å². The number of hydrogen-bond acceptors (Lipinski definition) is 1. The number of para-hydroxylation sites is 1. The molecule has 7 aromatic rings. The first-order chi connectivity index (χ1) is 14.4. The Bertz CT molecular complexity index is 1760. The highest BCUT2D eigenvalue weighted by molar-refractivity contribution is 6.25. The van der Waals surface area contributed by atoms with Gasteiger partial charge in [-0.2, -0.15) is 0 Å². The molecule has 134 valence electrons. The van der Waals surface area contributed by atoms with Gasteiger partial charge in [0.05, 0.1) is 16.6 Å². The monoisotopic (exact) mass is 368 g/mol. The van der Waals surface area contributed by atoms with E-state index in [1.165, 1.54) is 59.6 Å². The van der Waals surface area contributed by atoms with E-state index < -0.39 is 0 Å². The predicted molar refractivity (Wildman–Crippen MR) is 123 cm³/mol. The van der Waals surface area contributed by atoms with Crippen molar-refractivity contribution in [1.82, 2.24) is 9.38 Å². The lowest BCUT2D eigenvalue weighted by Crippen LogP contribution is -1.91. The zero-order valence-electron chi connectivity index (χ0n) is 15.6. The number of fused-ring (bicyclic) bond motifs is 12. The van der Waals surface area contributed by atoms with Gasteiger partial charge in [-0.3, -0.25) is 4.98 Å². The molecule has 0 spiro atoms. The van der Waals surface area contributed by atoms with E-state index in [2.05, 4.69) is 94.3 Å². The maximum Gasteiger partial charge on any atom is 0.0547 e. The van der Waals surface area contributed by atoms with Crippen molar-refractivity contribution in [3.05, 3.63) is 97.3 Å². The molecule has 29 heavy (non-hydrogen) atoms. The van der Waals surface area contributed by atoms with E-state index in [1.54, 1.807) is 0 Å². The summed E-state index contributed by atoms with van der Waals surface area (Å²) in [6.07, 6.45) is 3.87. The molecule has 2 heteroatoms. The highest BCUT2D eigenvalue weighted by Gasteiger charge is 2.15. The Labute approximate surface area is 166 Å². The molecule has 7 rings (SSSR count). The highest BCUT2D eigenvalue weighted by atomic mass is 14.9. The van der Waals surface area contributed by atoms with Crippen LogP contribution in [0.5, 0.6) is 0 Å². The van der Waals surface area contributed by atoms with Gasteiger partial charge in [0.2, 0.25) is 0 Å². The van der Waals surface area contributed by atoms with Gasteiger partial charge in [0.25, 0.3) is 0 Å². The molecule has 0 bridgehead atoms. The van der Waals surface area contributed by atoms with Gasteiger partial charge in [0, 0.05) is 39.3 Å². The van der Waals surface area contributed by atoms with Crippen molar-refractivity contribution in [2.24, 2.45) is 0 Å². The van der Waals surface area contributed by atoms with Gasteiger partial charge in [0.15, 0.2) is 0 Å². The van der Waals surface area contributed by atoms with Crippen LogP contribution in [0.3, 0.4) is 0 Å². The lowest BCUT2D eigenvalue weighted by molar-refractivity contribution is 1.35. The number of benzene rings is 4. The van der Waals surface area contributed by atoms with Crippen LogP contribution >= 0.6 is 0 Å². The molecule has 0 aliphatic carbocycles. The third-order valence-corrected chi connectivity index (χ3v) is 6.22. The quantitative estimate of drug-likeness (QED) is 0.261. The van der Waals surface area contributed by atoms with Crippen molar-refractivity contribution < 1.29 is 0 Å². The minimum atomic E-state index is 1.21. The van der Waals surface area contributed by atoms with Crippen LogP contribution in [0.1, 0.15) is 0 Å². The fraction of sp³-hybridized carbons (Fsp3) is 0. The molecule has 0 atom stereocenters. The fourth-order valence-electron chi connectivity index (χ4n) is 4.96. The standard InChI is InChI=1S/C27H16N2/c1-2-6-19-17(5-1)10-12-25-22(19)15-26-21-11-9-18-13-14-28-16-23(18)27(21)20-7-3-4-8-24(20)29(25)26/h1-16H. The van der Waals surface area contributed by atoms with Crippen molar-refractivity contribution in [2.75, 3.05) is 0 Å². The molecule has 0 unspecified atom stereocenters. The number of pyridine rings is 2. The zero-order valence-corrected chi connectivity index (χ0v) is 15.6. The number of rotatable bonds is 0. The van der Waals surface area contributed by atoms with Gasteiger partial charge < -0.3 is 4.40 Å². The second-order valence-corrected chi connectivity index (χ2v) is 7.69. The topological polar surface area (TPSA) is 17.3 Å². The van der Waals surface area contributed by atoms with Crippen molar-refractivity contribution in [2.45, 2.75) is 0 Å². The van der Waals surface area contributed by atoms with Gasteiger partial charge in [-0.15, -0.1) is 0 Å². The minimum absolute atomic E-state index is 1.21. The van der Waals surface area contributed by atoms with Crippen LogP contribution in [0.25, 0.3) is 59.6 Å². The molecule has 0 fully saturated rings. The third kappa shape index (κ3) is 1.88. The molecule has 4 aromatic carbocycles. The van der Waals surface area contributed by atoms with Gasteiger partial charge in [-0.05, 0) is 40.4 Å². The first-order valence-electron chi connectivity index (χ1n) is 9.90. The van der Waals surface area contributed by atoms with E-state index in [-0.39, 0.29) is 0 Å². The van der Waals surface area contributed by atoms with E-state index in [1.807, 2.05) is 12.4 Å². The largest absolute Gasteiger partial charge is 0.309 e. The molecule has 0 amide bonds. The second kappa shape index (κ2) is 5.33. The molecule has 3 heterocycles. The molecular weight excluding hydrogens is 352 g/mol. The van der Waals surface area contributed by atoms with Gasteiger partial charge in [-0.1, -0.05) is 60.7 Å². The smallest absolute Gasteiger partial charge is 0.0547 e. The molecule has 0 radical (unpaired) electrons. The molecule has 0 saturated heterocycles. The average molecular weight is 368 g/mol. The van der Waals surface area contributed by atoms with Crippen molar-refractivity contribution in [1.29, 1.82) is 0 Å². The first-order valence-corrected chi connectivity index (χ1v) is 9.90. The summed E-state index contributed by atoms with van der Waals surface area (Å²) in [6, 6.07) is 30.8. The summed E-state index contributed by atoms with van der Waals surface area (Å²) in [5.74, 6) is 0. The summed E-state index contributed by atoms with van der Waals surface area (Å²) < 4.78 is 2.42. The third-order valence-electron chi connectivity index (χ3n) is 6.22. The lowest BCUT2D eigenvalue weighted by Gasteiger charge is -2.12. The average Bonchev–Trinajstić information content (AvgIpc) is 3.19.